The van der Waals surface area contributed by atoms with Gasteiger partial charge in [0, 0.05) is 6.20 Å². The number of nitrogens with zero attached hydrogens (tertiary/aromatic N) is 1. The molecule has 2 aromatic rings. The highest BCUT2D eigenvalue weighted by Crippen LogP contribution is 2.23. The third kappa shape index (κ3) is 5.08. The number of pyridine rings is 1. The predicted octanol–water partition coefficient (Wildman–Crippen LogP) is 3.47. The van der Waals surface area contributed by atoms with Gasteiger partial charge in [0.1, 0.15) is 11.6 Å². The van der Waals surface area contributed by atoms with E-state index in [9.17, 15) is 18.0 Å². The molecule has 2 rings (SSSR count). The molecule has 0 spiro atoms. The summed E-state index contributed by atoms with van der Waals surface area (Å²) in [5.41, 5.74) is 1.36. The van der Waals surface area contributed by atoms with Crippen LogP contribution in [0.3, 0.4) is 0 Å². The zero-order chi connectivity index (χ0) is 16.2. The molecule has 1 N–H and O–H groups in total. The fourth-order valence-electron chi connectivity index (χ4n) is 1.77. The summed E-state index contributed by atoms with van der Waals surface area (Å²) in [4.78, 5) is 15.9. The fourth-order valence-corrected chi connectivity index (χ4v) is 1.77. The molecule has 0 aliphatic heterocycles. The number of carbonyl (C=O) groups excluding carboxylic acids is 1. The lowest BCUT2D eigenvalue weighted by Gasteiger charge is -2.10. The molecule has 7 heteroatoms. The Kier molecular flexibility index (Phi) is 4.65. The van der Waals surface area contributed by atoms with Crippen LogP contribution in [0, 0.1) is 6.92 Å². The van der Waals surface area contributed by atoms with Gasteiger partial charge in [-0.2, -0.15) is 0 Å². The number of ether oxygens (including phenoxy) is 1. The van der Waals surface area contributed by atoms with Gasteiger partial charge in [0.25, 0.3) is 0 Å². The molecule has 4 nitrogen and oxygen atoms in total. The number of hydrogen-bond acceptors (Lipinski definition) is 3. The van der Waals surface area contributed by atoms with E-state index in [0.717, 1.165) is 5.56 Å². The zero-order valence-electron chi connectivity index (χ0n) is 11.6. The number of benzene rings is 1. The molecular weight excluding hydrogens is 297 g/mol. The van der Waals surface area contributed by atoms with E-state index in [-0.39, 0.29) is 18.1 Å². The first kappa shape index (κ1) is 15.8. The van der Waals surface area contributed by atoms with Crippen LogP contribution in [0.25, 0.3) is 0 Å². The Balaban J connectivity index is 1.99. The van der Waals surface area contributed by atoms with Crippen LogP contribution in [-0.4, -0.2) is 17.3 Å². The van der Waals surface area contributed by atoms with Gasteiger partial charge in [-0.15, -0.1) is 13.2 Å². The van der Waals surface area contributed by atoms with Crippen molar-refractivity contribution in [3.63, 3.8) is 0 Å². The van der Waals surface area contributed by atoms with Gasteiger partial charge in [-0.05, 0) is 36.2 Å². The van der Waals surface area contributed by atoms with Crippen molar-refractivity contribution in [3.8, 4) is 5.75 Å². The number of halogens is 3. The third-order valence-electron chi connectivity index (χ3n) is 2.68. The van der Waals surface area contributed by atoms with Crippen LogP contribution in [0.15, 0.2) is 42.6 Å². The molecule has 0 fully saturated rings. The van der Waals surface area contributed by atoms with Crippen molar-refractivity contribution in [1.82, 2.24) is 4.98 Å². The molecule has 116 valence electrons. The van der Waals surface area contributed by atoms with Crippen LogP contribution >= 0.6 is 0 Å². The quantitative estimate of drug-likeness (QED) is 0.941. The van der Waals surface area contributed by atoms with E-state index in [2.05, 4.69) is 15.0 Å². The number of hydrogen-bond donors (Lipinski definition) is 1. The van der Waals surface area contributed by atoms with Crippen molar-refractivity contribution in [3.05, 3.63) is 53.7 Å². The number of rotatable bonds is 4. The molecule has 0 unspecified atom stereocenters. The van der Waals surface area contributed by atoms with Crippen molar-refractivity contribution in [1.29, 1.82) is 0 Å². The first-order valence-corrected chi connectivity index (χ1v) is 6.39. The van der Waals surface area contributed by atoms with E-state index in [1.165, 1.54) is 18.2 Å². The van der Waals surface area contributed by atoms with Crippen molar-refractivity contribution >= 4 is 11.7 Å². The number of alkyl halides is 3. The van der Waals surface area contributed by atoms with Crippen molar-refractivity contribution in [2.45, 2.75) is 19.7 Å². The minimum Gasteiger partial charge on any atom is -0.406 e. The Morgan fingerprint density at radius 2 is 2.05 bits per heavy atom. The molecule has 0 aliphatic rings. The molecule has 22 heavy (non-hydrogen) atoms. The number of aromatic nitrogens is 1. The lowest BCUT2D eigenvalue weighted by atomic mass is 10.1. The second-order valence-corrected chi connectivity index (χ2v) is 4.64. The average molecular weight is 310 g/mol. The van der Waals surface area contributed by atoms with Crippen molar-refractivity contribution < 1.29 is 22.7 Å². The van der Waals surface area contributed by atoms with E-state index in [1.807, 2.05) is 6.92 Å². The molecule has 0 radical (unpaired) electrons. The normalized spacial score (nSPS) is 11.1. The highest BCUT2D eigenvalue weighted by Gasteiger charge is 2.31. The number of carbonyl (C=O) groups is 1. The van der Waals surface area contributed by atoms with Crippen LogP contribution < -0.4 is 10.1 Å². The Morgan fingerprint density at radius 3 is 2.68 bits per heavy atom. The van der Waals surface area contributed by atoms with Gasteiger partial charge in [0.05, 0.1) is 6.42 Å². The summed E-state index contributed by atoms with van der Waals surface area (Å²) in [6.07, 6.45) is -3.23. The average Bonchev–Trinajstić information content (AvgIpc) is 2.40. The SMILES string of the molecule is Cc1ccc(NC(=O)Cc2cccc(OC(F)(F)F)c2)nc1. The van der Waals surface area contributed by atoms with E-state index >= 15 is 0 Å². The van der Waals surface area contributed by atoms with Gasteiger partial charge in [-0.3, -0.25) is 4.79 Å². The van der Waals surface area contributed by atoms with Crippen LogP contribution in [-0.2, 0) is 11.2 Å². The standard InChI is InChI=1S/C15H13F3N2O2/c1-10-5-6-13(19-9-10)20-14(21)8-11-3-2-4-12(7-11)22-15(16,17)18/h2-7,9H,8H2,1H3,(H,19,20,21). The molecule has 1 aromatic carbocycles. The summed E-state index contributed by atoms with van der Waals surface area (Å²) in [6, 6.07) is 8.74. The molecule has 1 aromatic heterocycles. The van der Waals surface area contributed by atoms with Gasteiger partial charge in [0.2, 0.25) is 5.91 Å². The first-order chi connectivity index (χ1) is 10.3. The number of amides is 1. The summed E-state index contributed by atoms with van der Waals surface area (Å²) < 4.78 is 40.2. The summed E-state index contributed by atoms with van der Waals surface area (Å²) in [7, 11) is 0. The Hall–Kier alpha value is -2.57. The van der Waals surface area contributed by atoms with E-state index in [4.69, 9.17) is 0 Å². The lowest BCUT2D eigenvalue weighted by molar-refractivity contribution is -0.274. The topological polar surface area (TPSA) is 51.2 Å². The van der Waals surface area contributed by atoms with Crippen LogP contribution in [0.1, 0.15) is 11.1 Å². The van der Waals surface area contributed by atoms with Crippen molar-refractivity contribution in [2.24, 2.45) is 0 Å². The molecule has 0 saturated carbocycles. The maximum Gasteiger partial charge on any atom is 0.573 e. The number of aryl methyl sites for hydroxylation is 1. The molecule has 1 heterocycles. The van der Waals surface area contributed by atoms with E-state index < -0.39 is 6.36 Å². The zero-order valence-corrected chi connectivity index (χ0v) is 11.6. The molecule has 1 amide bonds. The van der Waals surface area contributed by atoms with E-state index in [1.54, 1.807) is 24.4 Å². The maximum absolute atomic E-state index is 12.1. The molecule has 0 bridgehead atoms. The van der Waals surface area contributed by atoms with Gasteiger partial charge >= 0.3 is 6.36 Å². The Labute approximate surface area is 124 Å². The summed E-state index contributed by atoms with van der Waals surface area (Å²) >= 11 is 0. The molecular formula is C15H13F3N2O2. The number of nitrogens with one attached hydrogen (secondary N) is 1. The van der Waals surface area contributed by atoms with Gasteiger partial charge in [-0.1, -0.05) is 18.2 Å². The summed E-state index contributed by atoms with van der Waals surface area (Å²) in [5, 5.41) is 2.57. The Morgan fingerprint density at radius 1 is 1.27 bits per heavy atom. The Bertz CT molecular complexity index is 655. The second kappa shape index (κ2) is 6.46. The smallest absolute Gasteiger partial charge is 0.406 e. The largest absolute Gasteiger partial charge is 0.573 e. The summed E-state index contributed by atoms with van der Waals surface area (Å²) in [6.45, 7) is 1.87. The number of anilines is 1. The maximum atomic E-state index is 12.1. The predicted molar refractivity (Wildman–Crippen MR) is 74.4 cm³/mol. The first-order valence-electron chi connectivity index (χ1n) is 6.39. The third-order valence-corrected chi connectivity index (χ3v) is 2.68. The highest BCUT2D eigenvalue weighted by molar-refractivity contribution is 5.91. The van der Waals surface area contributed by atoms with Gasteiger partial charge in [0.15, 0.2) is 0 Å². The minimum atomic E-state index is -4.76. The second-order valence-electron chi connectivity index (χ2n) is 4.64. The fraction of sp³-hybridized carbons (Fsp3) is 0.200. The minimum absolute atomic E-state index is 0.0788. The lowest BCUT2D eigenvalue weighted by Crippen LogP contribution is -2.18. The molecule has 0 aliphatic carbocycles. The van der Waals surface area contributed by atoms with Crippen LogP contribution in [0.4, 0.5) is 19.0 Å². The van der Waals surface area contributed by atoms with Crippen LogP contribution in [0.2, 0.25) is 0 Å². The monoisotopic (exact) mass is 310 g/mol. The van der Waals surface area contributed by atoms with E-state index in [0.29, 0.717) is 11.4 Å². The molecule has 0 atom stereocenters. The van der Waals surface area contributed by atoms with Gasteiger partial charge < -0.3 is 10.1 Å². The van der Waals surface area contributed by atoms with Gasteiger partial charge in [-0.25, -0.2) is 4.98 Å². The van der Waals surface area contributed by atoms with Crippen LogP contribution in [0.5, 0.6) is 5.75 Å². The van der Waals surface area contributed by atoms with Crippen molar-refractivity contribution in [2.75, 3.05) is 5.32 Å². The highest BCUT2D eigenvalue weighted by atomic mass is 19.4. The molecule has 0 saturated heterocycles. The summed E-state index contributed by atoms with van der Waals surface area (Å²) in [5.74, 6) is -0.343.